The molecule has 0 saturated heterocycles. The SMILES string of the molecule is Cc1cc(Cl)c(C(=O)Cc2ccc(F)cc2)cc1C. The van der Waals surface area contributed by atoms with Crippen molar-refractivity contribution in [1.29, 1.82) is 0 Å². The lowest BCUT2D eigenvalue weighted by molar-refractivity contribution is 0.0993. The Morgan fingerprint density at radius 3 is 2.32 bits per heavy atom. The molecule has 0 aliphatic heterocycles. The summed E-state index contributed by atoms with van der Waals surface area (Å²) in [4.78, 5) is 12.2. The van der Waals surface area contributed by atoms with Gasteiger partial charge in [0.1, 0.15) is 5.82 Å². The molecule has 0 saturated carbocycles. The minimum Gasteiger partial charge on any atom is -0.294 e. The molecule has 0 amide bonds. The summed E-state index contributed by atoms with van der Waals surface area (Å²) < 4.78 is 12.8. The van der Waals surface area contributed by atoms with Gasteiger partial charge >= 0.3 is 0 Å². The number of rotatable bonds is 3. The van der Waals surface area contributed by atoms with Crippen LogP contribution in [0.3, 0.4) is 0 Å². The summed E-state index contributed by atoms with van der Waals surface area (Å²) in [6.07, 6.45) is 0.225. The smallest absolute Gasteiger partial charge is 0.168 e. The normalized spacial score (nSPS) is 10.5. The number of hydrogen-bond acceptors (Lipinski definition) is 1. The minimum atomic E-state index is -0.305. The molecule has 2 aromatic rings. The Kier molecular flexibility index (Phi) is 4.01. The molecular weight excluding hydrogens is 263 g/mol. The summed E-state index contributed by atoms with van der Waals surface area (Å²) in [5.74, 6) is -0.361. The van der Waals surface area contributed by atoms with Crippen molar-refractivity contribution in [3.63, 3.8) is 0 Å². The molecule has 0 fully saturated rings. The Hall–Kier alpha value is -1.67. The van der Waals surface area contributed by atoms with Crippen molar-refractivity contribution in [2.24, 2.45) is 0 Å². The first kappa shape index (κ1) is 13.8. The number of Topliss-reactive ketones (excluding diaryl/α,β-unsaturated/α-hetero) is 1. The molecule has 0 unspecified atom stereocenters. The second-order valence-electron chi connectivity index (χ2n) is 4.64. The maximum atomic E-state index is 12.8. The van der Waals surface area contributed by atoms with Crippen LogP contribution in [-0.4, -0.2) is 5.78 Å². The van der Waals surface area contributed by atoms with E-state index in [1.807, 2.05) is 19.9 Å². The molecule has 0 aromatic heterocycles. The van der Waals surface area contributed by atoms with E-state index in [2.05, 4.69) is 0 Å². The Bertz CT molecular complexity index is 617. The fourth-order valence-corrected chi connectivity index (χ4v) is 2.20. The van der Waals surface area contributed by atoms with Gasteiger partial charge in [0.2, 0.25) is 0 Å². The van der Waals surface area contributed by atoms with Crippen LogP contribution in [0.15, 0.2) is 36.4 Å². The van der Waals surface area contributed by atoms with E-state index in [-0.39, 0.29) is 18.0 Å². The lowest BCUT2D eigenvalue weighted by atomic mass is 9.99. The average Bonchev–Trinajstić information content (AvgIpc) is 2.36. The minimum absolute atomic E-state index is 0.0558. The summed E-state index contributed by atoms with van der Waals surface area (Å²) in [5, 5.41) is 0.468. The van der Waals surface area contributed by atoms with E-state index in [1.54, 1.807) is 18.2 Å². The summed E-state index contributed by atoms with van der Waals surface area (Å²) in [7, 11) is 0. The van der Waals surface area contributed by atoms with Gasteiger partial charge < -0.3 is 0 Å². The first-order valence-corrected chi connectivity index (χ1v) is 6.39. The molecule has 3 heteroatoms. The van der Waals surface area contributed by atoms with Crippen LogP contribution in [0, 0.1) is 19.7 Å². The molecule has 0 N–H and O–H groups in total. The van der Waals surface area contributed by atoms with Crippen molar-refractivity contribution in [1.82, 2.24) is 0 Å². The molecule has 1 nitrogen and oxygen atoms in total. The third-order valence-electron chi connectivity index (χ3n) is 3.16. The molecule has 0 bridgehead atoms. The molecule has 0 aliphatic rings. The van der Waals surface area contributed by atoms with E-state index in [4.69, 9.17) is 11.6 Å². The molecule has 2 aromatic carbocycles. The van der Waals surface area contributed by atoms with E-state index in [9.17, 15) is 9.18 Å². The quantitative estimate of drug-likeness (QED) is 0.753. The first-order valence-electron chi connectivity index (χ1n) is 6.02. The fourth-order valence-electron chi connectivity index (χ4n) is 1.88. The van der Waals surface area contributed by atoms with Crippen LogP contribution in [0.5, 0.6) is 0 Å². The monoisotopic (exact) mass is 276 g/mol. The third kappa shape index (κ3) is 3.21. The number of benzene rings is 2. The van der Waals surface area contributed by atoms with Crippen molar-refractivity contribution in [3.8, 4) is 0 Å². The summed E-state index contributed by atoms with van der Waals surface area (Å²) in [5.41, 5.74) is 3.39. The molecule has 0 spiro atoms. The van der Waals surface area contributed by atoms with Crippen molar-refractivity contribution in [2.45, 2.75) is 20.3 Å². The van der Waals surface area contributed by atoms with Crippen LogP contribution in [-0.2, 0) is 6.42 Å². The van der Waals surface area contributed by atoms with E-state index < -0.39 is 0 Å². The van der Waals surface area contributed by atoms with Gasteiger partial charge in [0.05, 0.1) is 5.02 Å². The number of carbonyl (C=O) groups is 1. The largest absolute Gasteiger partial charge is 0.294 e. The molecule has 2 rings (SSSR count). The van der Waals surface area contributed by atoms with E-state index >= 15 is 0 Å². The highest BCUT2D eigenvalue weighted by atomic mass is 35.5. The van der Waals surface area contributed by atoms with Crippen LogP contribution in [0.4, 0.5) is 4.39 Å². The highest BCUT2D eigenvalue weighted by Crippen LogP contribution is 2.22. The number of aryl methyl sites for hydroxylation is 2. The molecule has 0 atom stereocenters. The van der Waals surface area contributed by atoms with Crippen LogP contribution in [0.2, 0.25) is 5.02 Å². The highest BCUT2D eigenvalue weighted by molar-refractivity contribution is 6.34. The standard InChI is InChI=1S/C16H14ClFO/c1-10-7-14(15(17)8-11(10)2)16(19)9-12-3-5-13(18)6-4-12/h3-8H,9H2,1-2H3. The van der Waals surface area contributed by atoms with Crippen molar-refractivity contribution in [3.05, 3.63) is 69.5 Å². The predicted octanol–water partition coefficient (Wildman–Crippen LogP) is 4.52. The van der Waals surface area contributed by atoms with Crippen molar-refractivity contribution < 1.29 is 9.18 Å². The fraction of sp³-hybridized carbons (Fsp3) is 0.188. The van der Waals surface area contributed by atoms with Crippen LogP contribution >= 0.6 is 11.6 Å². The van der Waals surface area contributed by atoms with Gasteiger partial charge in [-0.25, -0.2) is 4.39 Å². The molecule has 98 valence electrons. The zero-order chi connectivity index (χ0) is 14.0. The van der Waals surface area contributed by atoms with Gasteiger partial charge in [0.15, 0.2) is 5.78 Å². The summed E-state index contributed by atoms with van der Waals surface area (Å²) in [6, 6.07) is 9.54. The van der Waals surface area contributed by atoms with E-state index in [1.165, 1.54) is 12.1 Å². The lowest BCUT2D eigenvalue weighted by Crippen LogP contribution is -2.05. The van der Waals surface area contributed by atoms with Gasteiger partial charge in [-0.3, -0.25) is 4.79 Å². The topological polar surface area (TPSA) is 17.1 Å². The van der Waals surface area contributed by atoms with Crippen molar-refractivity contribution in [2.75, 3.05) is 0 Å². The van der Waals surface area contributed by atoms with E-state index in [0.29, 0.717) is 10.6 Å². The molecule has 0 aliphatic carbocycles. The molecule has 0 radical (unpaired) electrons. The van der Waals surface area contributed by atoms with Crippen molar-refractivity contribution >= 4 is 17.4 Å². The maximum Gasteiger partial charge on any atom is 0.168 e. The number of ketones is 1. The molecule has 19 heavy (non-hydrogen) atoms. The Labute approximate surface area is 117 Å². The second kappa shape index (κ2) is 5.54. The summed E-state index contributed by atoms with van der Waals surface area (Å²) >= 11 is 6.11. The van der Waals surface area contributed by atoms with Gasteiger partial charge in [-0.2, -0.15) is 0 Å². The van der Waals surface area contributed by atoms with Gasteiger partial charge in [-0.1, -0.05) is 23.7 Å². The Morgan fingerprint density at radius 2 is 1.68 bits per heavy atom. The Balaban J connectivity index is 2.25. The highest BCUT2D eigenvalue weighted by Gasteiger charge is 2.12. The number of carbonyl (C=O) groups excluding carboxylic acids is 1. The van der Waals surface area contributed by atoms with Gasteiger partial charge in [0.25, 0.3) is 0 Å². The number of hydrogen-bond donors (Lipinski definition) is 0. The third-order valence-corrected chi connectivity index (χ3v) is 3.47. The zero-order valence-corrected chi connectivity index (χ0v) is 11.6. The van der Waals surface area contributed by atoms with Crippen LogP contribution in [0.1, 0.15) is 27.0 Å². The Morgan fingerprint density at radius 1 is 1.11 bits per heavy atom. The van der Waals surface area contributed by atoms with Gasteiger partial charge in [-0.15, -0.1) is 0 Å². The lowest BCUT2D eigenvalue weighted by Gasteiger charge is -2.08. The van der Waals surface area contributed by atoms with Crippen LogP contribution < -0.4 is 0 Å². The van der Waals surface area contributed by atoms with Gasteiger partial charge in [0, 0.05) is 12.0 Å². The predicted molar refractivity (Wildman–Crippen MR) is 75.4 cm³/mol. The summed E-state index contributed by atoms with van der Waals surface area (Å²) in [6.45, 7) is 3.90. The van der Waals surface area contributed by atoms with E-state index in [0.717, 1.165) is 16.7 Å². The number of halogens is 2. The maximum absolute atomic E-state index is 12.8. The zero-order valence-electron chi connectivity index (χ0n) is 10.8. The first-order chi connectivity index (χ1) is 8.97. The van der Waals surface area contributed by atoms with Gasteiger partial charge in [-0.05, 0) is 54.8 Å². The second-order valence-corrected chi connectivity index (χ2v) is 5.05. The molecule has 0 heterocycles. The van der Waals surface area contributed by atoms with Crippen LogP contribution in [0.25, 0.3) is 0 Å². The average molecular weight is 277 g/mol. The molecular formula is C16H14ClFO.